The second-order valence-corrected chi connectivity index (χ2v) is 5.66. The zero-order chi connectivity index (χ0) is 12.7. The summed E-state index contributed by atoms with van der Waals surface area (Å²) in [5.74, 6) is 1.11. The molecule has 0 aliphatic heterocycles. The maximum absolute atomic E-state index is 3.55. The van der Waals surface area contributed by atoms with Crippen LogP contribution in [0.5, 0.6) is 0 Å². The Morgan fingerprint density at radius 1 is 1.24 bits per heavy atom. The average Bonchev–Trinajstić information content (AvgIpc) is 2.35. The quantitative estimate of drug-likeness (QED) is 0.591. The molecule has 1 aromatic carbocycles. The number of nitrogens with one attached hydrogen (secondary N) is 1. The van der Waals surface area contributed by atoms with E-state index in [0.717, 1.165) is 12.2 Å². The Kier molecular flexibility index (Phi) is 6.63. The van der Waals surface area contributed by atoms with Crippen LogP contribution in [0, 0.1) is 0 Å². The zero-order valence-electron chi connectivity index (χ0n) is 11.3. The van der Waals surface area contributed by atoms with E-state index in [1.807, 2.05) is 11.8 Å². The average molecular weight is 252 g/mol. The maximum Gasteiger partial charge on any atom is 0.0306 e. The SMILES string of the molecule is CCC(CSc1ccccc1)NN(C)C(C)C. The molecule has 0 radical (unpaired) electrons. The molecule has 0 bridgehead atoms. The first-order chi connectivity index (χ1) is 8.13. The molecule has 0 aromatic heterocycles. The van der Waals surface area contributed by atoms with E-state index in [4.69, 9.17) is 0 Å². The second-order valence-electron chi connectivity index (χ2n) is 4.56. The van der Waals surface area contributed by atoms with Crippen LogP contribution in [0.4, 0.5) is 0 Å². The van der Waals surface area contributed by atoms with Gasteiger partial charge in [0.25, 0.3) is 0 Å². The van der Waals surface area contributed by atoms with Gasteiger partial charge in [0.05, 0.1) is 0 Å². The van der Waals surface area contributed by atoms with Crippen molar-refractivity contribution in [3.8, 4) is 0 Å². The van der Waals surface area contributed by atoms with Crippen LogP contribution in [0.25, 0.3) is 0 Å². The Morgan fingerprint density at radius 3 is 2.41 bits per heavy atom. The predicted octanol–water partition coefficient (Wildman–Crippen LogP) is 3.40. The first-order valence-corrected chi connectivity index (χ1v) is 7.29. The molecule has 3 heteroatoms. The molecule has 1 aromatic rings. The number of benzene rings is 1. The largest absolute Gasteiger partial charge is 0.251 e. The van der Waals surface area contributed by atoms with Gasteiger partial charge in [-0.05, 0) is 32.4 Å². The lowest BCUT2D eigenvalue weighted by Crippen LogP contribution is -2.46. The summed E-state index contributed by atoms with van der Waals surface area (Å²) in [6, 6.07) is 11.7. The van der Waals surface area contributed by atoms with E-state index >= 15 is 0 Å². The van der Waals surface area contributed by atoms with Crippen LogP contribution in [0.15, 0.2) is 35.2 Å². The lowest BCUT2D eigenvalue weighted by molar-refractivity contribution is 0.160. The Hall–Kier alpha value is -0.510. The zero-order valence-corrected chi connectivity index (χ0v) is 12.1. The van der Waals surface area contributed by atoms with Gasteiger partial charge in [0.15, 0.2) is 0 Å². The molecule has 0 fully saturated rings. The lowest BCUT2D eigenvalue weighted by Gasteiger charge is -2.27. The summed E-state index contributed by atoms with van der Waals surface area (Å²) in [7, 11) is 2.11. The molecule has 0 amide bonds. The summed E-state index contributed by atoms with van der Waals surface area (Å²) in [5, 5.41) is 2.19. The molecule has 0 spiro atoms. The van der Waals surface area contributed by atoms with E-state index < -0.39 is 0 Å². The van der Waals surface area contributed by atoms with Crippen molar-refractivity contribution in [2.24, 2.45) is 0 Å². The maximum atomic E-state index is 3.55. The van der Waals surface area contributed by atoms with Crippen LogP contribution in [-0.2, 0) is 0 Å². The van der Waals surface area contributed by atoms with Gasteiger partial charge in [-0.2, -0.15) is 0 Å². The number of hydrazine groups is 1. The Bertz CT molecular complexity index is 300. The minimum absolute atomic E-state index is 0.533. The molecule has 0 aliphatic carbocycles. The van der Waals surface area contributed by atoms with E-state index in [1.165, 1.54) is 4.90 Å². The van der Waals surface area contributed by atoms with E-state index in [9.17, 15) is 0 Å². The minimum Gasteiger partial charge on any atom is -0.251 e. The highest BCUT2D eigenvalue weighted by atomic mass is 32.2. The molecule has 0 aliphatic rings. The van der Waals surface area contributed by atoms with Gasteiger partial charge in [-0.1, -0.05) is 25.1 Å². The van der Waals surface area contributed by atoms with E-state index in [1.54, 1.807) is 0 Å². The van der Waals surface area contributed by atoms with Gasteiger partial charge in [0.2, 0.25) is 0 Å². The number of thioether (sulfide) groups is 1. The third-order valence-corrected chi connectivity index (χ3v) is 4.02. The van der Waals surface area contributed by atoms with E-state index in [0.29, 0.717) is 12.1 Å². The van der Waals surface area contributed by atoms with E-state index in [-0.39, 0.29) is 0 Å². The second kappa shape index (κ2) is 7.75. The number of nitrogens with zero attached hydrogens (tertiary/aromatic N) is 1. The van der Waals surface area contributed by atoms with Gasteiger partial charge in [0.1, 0.15) is 0 Å². The monoisotopic (exact) mass is 252 g/mol. The highest BCUT2D eigenvalue weighted by Crippen LogP contribution is 2.18. The van der Waals surface area contributed by atoms with Gasteiger partial charge in [-0.25, -0.2) is 5.01 Å². The lowest BCUT2D eigenvalue weighted by atomic mass is 10.3. The van der Waals surface area contributed by atoms with E-state index in [2.05, 4.69) is 68.6 Å². The van der Waals surface area contributed by atoms with Crippen molar-refractivity contribution in [3.63, 3.8) is 0 Å². The van der Waals surface area contributed by atoms with Gasteiger partial charge >= 0.3 is 0 Å². The number of hydrogen-bond donors (Lipinski definition) is 1. The molecule has 0 saturated carbocycles. The topological polar surface area (TPSA) is 15.3 Å². The van der Waals surface area contributed by atoms with Crippen molar-refractivity contribution in [1.29, 1.82) is 0 Å². The van der Waals surface area contributed by atoms with Gasteiger partial charge in [-0.3, -0.25) is 5.43 Å². The van der Waals surface area contributed by atoms with Gasteiger partial charge in [0, 0.05) is 29.8 Å². The van der Waals surface area contributed by atoms with Crippen LogP contribution >= 0.6 is 11.8 Å². The summed E-state index contributed by atoms with van der Waals surface area (Å²) >= 11 is 1.92. The third kappa shape index (κ3) is 5.57. The van der Waals surface area contributed by atoms with Crippen molar-refractivity contribution in [1.82, 2.24) is 10.4 Å². The Morgan fingerprint density at radius 2 is 1.88 bits per heavy atom. The van der Waals surface area contributed by atoms with Crippen molar-refractivity contribution in [2.45, 2.75) is 44.2 Å². The molecule has 0 heterocycles. The highest BCUT2D eigenvalue weighted by Gasteiger charge is 2.10. The molecule has 0 saturated heterocycles. The van der Waals surface area contributed by atoms with Crippen LogP contribution in [0.2, 0.25) is 0 Å². The van der Waals surface area contributed by atoms with Crippen molar-refractivity contribution in [2.75, 3.05) is 12.8 Å². The summed E-state index contributed by atoms with van der Waals surface area (Å²) in [6.07, 6.45) is 1.15. The normalized spacial score (nSPS) is 13.3. The minimum atomic E-state index is 0.533. The molecule has 17 heavy (non-hydrogen) atoms. The van der Waals surface area contributed by atoms with Crippen molar-refractivity contribution >= 4 is 11.8 Å². The van der Waals surface area contributed by atoms with Crippen LogP contribution < -0.4 is 5.43 Å². The summed E-state index contributed by atoms with van der Waals surface area (Å²) in [4.78, 5) is 1.35. The van der Waals surface area contributed by atoms with Gasteiger partial charge in [-0.15, -0.1) is 11.8 Å². The fourth-order valence-electron chi connectivity index (χ4n) is 1.40. The molecule has 1 N–H and O–H groups in total. The summed E-state index contributed by atoms with van der Waals surface area (Å²) in [6.45, 7) is 6.63. The number of hydrogen-bond acceptors (Lipinski definition) is 3. The first-order valence-electron chi connectivity index (χ1n) is 6.30. The molecule has 96 valence electrons. The Labute approximate surface area is 110 Å². The molecule has 1 atom stereocenters. The number of rotatable bonds is 7. The molecule has 2 nitrogen and oxygen atoms in total. The molecule has 1 unspecified atom stereocenters. The predicted molar refractivity (Wildman–Crippen MR) is 77.3 cm³/mol. The molecular formula is C14H24N2S. The smallest absolute Gasteiger partial charge is 0.0306 e. The van der Waals surface area contributed by atoms with Crippen LogP contribution in [0.1, 0.15) is 27.2 Å². The van der Waals surface area contributed by atoms with Crippen LogP contribution in [-0.4, -0.2) is 29.9 Å². The summed E-state index contributed by atoms with van der Waals surface area (Å²) < 4.78 is 0. The van der Waals surface area contributed by atoms with Crippen molar-refractivity contribution < 1.29 is 0 Å². The summed E-state index contributed by atoms with van der Waals surface area (Å²) in [5.41, 5.74) is 3.55. The Balaban J connectivity index is 2.37. The van der Waals surface area contributed by atoms with Crippen LogP contribution in [0.3, 0.4) is 0 Å². The molecular weight excluding hydrogens is 228 g/mol. The standard InChI is InChI=1S/C14H24N2S/c1-5-13(15-16(4)12(2)3)11-17-14-9-7-6-8-10-14/h6-10,12-13,15H,5,11H2,1-4H3. The molecule has 1 rings (SSSR count). The third-order valence-electron chi connectivity index (χ3n) is 2.85. The van der Waals surface area contributed by atoms with Gasteiger partial charge < -0.3 is 0 Å². The van der Waals surface area contributed by atoms with Crippen molar-refractivity contribution in [3.05, 3.63) is 30.3 Å². The fourth-order valence-corrected chi connectivity index (χ4v) is 2.45. The highest BCUT2D eigenvalue weighted by molar-refractivity contribution is 7.99. The fraction of sp³-hybridized carbons (Fsp3) is 0.571. The first kappa shape index (κ1) is 14.6.